The van der Waals surface area contributed by atoms with Crippen molar-refractivity contribution >= 4 is 17.0 Å². The molecule has 6 rings (SSSR count). The molecule has 39 heavy (non-hydrogen) atoms. The van der Waals surface area contributed by atoms with E-state index in [1.165, 1.54) is 38.5 Å². The zero-order valence-electron chi connectivity index (χ0n) is 23.9. The minimum absolute atomic E-state index is 0.0196. The van der Waals surface area contributed by atoms with Crippen molar-refractivity contribution in [3.8, 4) is 0 Å². The molecule has 1 aliphatic carbocycles. The second kappa shape index (κ2) is 11.0. The molecule has 1 saturated carbocycles. The van der Waals surface area contributed by atoms with E-state index in [9.17, 15) is 4.79 Å². The van der Waals surface area contributed by atoms with Gasteiger partial charge in [0.05, 0.1) is 36.7 Å². The van der Waals surface area contributed by atoms with Gasteiger partial charge in [0.25, 0.3) is 0 Å². The number of fused-ring (bicyclic) bond motifs is 1. The van der Waals surface area contributed by atoms with E-state index < -0.39 is 5.60 Å². The average molecular weight is 540 g/mol. The van der Waals surface area contributed by atoms with Crippen molar-refractivity contribution in [1.29, 1.82) is 0 Å². The van der Waals surface area contributed by atoms with Gasteiger partial charge >= 0.3 is 6.09 Å². The standard InChI is InChI=1S/C30H45N5O4/c1-29(2,3)38-28(36)34-14-10-21(11-15-34)26-30(12-8-6-4-5-7-9-13-30)27(39-33-26)24-16-25-22(17-31-24)18-32-35(25)23-19-37-20-23/h16-18,21,23,26-27,33H,4-15,19-20H2,1-3H3. The van der Waals surface area contributed by atoms with Gasteiger partial charge in [0.2, 0.25) is 0 Å². The van der Waals surface area contributed by atoms with Crippen LogP contribution in [0.25, 0.3) is 10.9 Å². The van der Waals surface area contributed by atoms with E-state index in [0.717, 1.165) is 55.4 Å². The second-order valence-electron chi connectivity index (χ2n) is 13.2. The Labute approximate surface area is 231 Å². The second-order valence-corrected chi connectivity index (χ2v) is 13.2. The molecule has 1 N–H and O–H groups in total. The van der Waals surface area contributed by atoms with Gasteiger partial charge < -0.3 is 14.4 Å². The maximum absolute atomic E-state index is 12.7. The fraction of sp³-hybridized carbons (Fsp3) is 0.767. The summed E-state index contributed by atoms with van der Waals surface area (Å²) in [4.78, 5) is 26.1. The van der Waals surface area contributed by atoms with E-state index in [1.807, 2.05) is 38.1 Å². The summed E-state index contributed by atoms with van der Waals surface area (Å²) < 4.78 is 13.2. The summed E-state index contributed by atoms with van der Waals surface area (Å²) in [6.07, 6.45) is 15.4. The predicted molar refractivity (Wildman–Crippen MR) is 148 cm³/mol. The molecule has 9 heteroatoms. The van der Waals surface area contributed by atoms with Gasteiger partial charge in [0.1, 0.15) is 11.7 Å². The Hall–Kier alpha value is -2.23. The molecule has 2 aromatic rings. The van der Waals surface area contributed by atoms with Crippen molar-refractivity contribution in [2.45, 2.75) is 109 Å². The van der Waals surface area contributed by atoms with E-state index in [1.54, 1.807) is 0 Å². The number of hydrogen-bond acceptors (Lipinski definition) is 7. The smallest absolute Gasteiger partial charge is 0.410 e. The monoisotopic (exact) mass is 539 g/mol. The number of hydrogen-bond donors (Lipinski definition) is 1. The van der Waals surface area contributed by atoms with Crippen LogP contribution in [-0.4, -0.2) is 63.7 Å². The molecular weight excluding hydrogens is 494 g/mol. The van der Waals surface area contributed by atoms with Crippen LogP contribution in [0, 0.1) is 11.3 Å². The van der Waals surface area contributed by atoms with Crippen molar-refractivity contribution in [3.63, 3.8) is 0 Å². The fourth-order valence-corrected chi connectivity index (χ4v) is 7.27. The van der Waals surface area contributed by atoms with E-state index in [2.05, 4.69) is 21.3 Å². The van der Waals surface area contributed by atoms with Crippen LogP contribution in [0.2, 0.25) is 0 Å². The number of likely N-dealkylation sites (tertiary alicyclic amines) is 1. The lowest BCUT2D eigenvalue weighted by molar-refractivity contribution is -0.0267. The van der Waals surface area contributed by atoms with Gasteiger partial charge in [0, 0.05) is 36.1 Å². The Balaban J connectivity index is 1.26. The van der Waals surface area contributed by atoms with Crippen LogP contribution in [0.3, 0.4) is 0 Å². The van der Waals surface area contributed by atoms with E-state index in [4.69, 9.17) is 19.3 Å². The lowest BCUT2D eigenvalue weighted by Crippen LogP contribution is -2.50. The first-order valence-corrected chi connectivity index (χ1v) is 15.1. The van der Waals surface area contributed by atoms with Gasteiger partial charge in [-0.05, 0) is 58.4 Å². The lowest BCUT2D eigenvalue weighted by atomic mass is 9.64. The lowest BCUT2D eigenvalue weighted by Gasteiger charge is -2.43. The number of ether oxygens (including phenoxy) is 2. The zero-order valence-corrected chi connectivity index (χ0v) is 23.9. The number of nitrogens with one attached hydrogen (secondary N) is 1. The number of piperidine rings is 1. The minimum Gasteiger partial charge on any atom is -0.444 e. The van der Waals surface area contributed by atoms with Gasteiger partial charge in [-0.2, -0.15) is 10.6 Å². The molecule has 9 nitrogen and oxygen atoms in total. The number of carbonyl (C=O) groups is 1. The number of hydroxylamine groups is 1. The molecule has 5 heterocycles. The van der Waals surface area contributed by atoms with E-state index in [0.29, 0.717) is 25.2 Å². The predicted octanol–water partition coefficient (Wildman–Crippen LogP) is 5.72. The Bertz CT molecular complexity index is 1140. The largest absolute Gasteiger partial charge is 0.444 e. The molecule has 214 valence electrons. The van der Waals surface area contributed by atoms with Gasteiger partial charge in [-0.15, -0.1) is 0 Å². The van der Waals surface area contributed by atoms with Crippen LogP contribution in [0.4, 0.5) is 4.79 Å². The number of nitrogens with zero attached hydrogens (tertiary/aromatic N) is 4. The molecule has 1 amide bonds. The summed E-state index contributed by atoms with van der Waals surface area (Å²) in [5.41, 5.74) is 5.20. The van der Waals surface area contributed by atoms with Crippen LogP contribution >= 0.6 is 0 Å². The van der Waals surface area contributed by atoms with Gasteiger partial charge in [-0.25, -0.2) is 4.79 Å². The van der Waals surface area contributed by atoms with Crippen LogP contribution in [0.5, 0.6) is 0 Å². The SMILES string of the molecule is CC(C)(C)OC(=O)N1CCC(C2NOC(c3cc4c(cn3)cnn4C3COC3)C23CCCCCCCC3)CC1. The summed E-state index contributed by atoms with van der Waals surface area (Å²) in [6.45, 7) is 8.66. The Morgan fingerprint density at radius 1 is 1.05 bits per heavy atom. The molecule has 1 spiro atoms. The molecular formula is C30H45N5O4. The molecule has 3 aliphatic heterocycles. The highest BCUT2D eigenvalue weighted by Crippen LogP contribution is 2.54. The normalized spacial score (nSPS) is 27.2. The third-order valence-corrected chi connectivity index (χ3v) is 9.39. The number of carbonyl (C=O) groups excluding carboxylic acids is 1. The van der Waals surface area contributed by atoms with Crippen molar-refractivity contribution in [2.24, 2.45) is 11.3 Å². The Morgan fingerprint density at radius 3 is 2.38 bits per heavy atom. The summed E-state index contributed by atoms with van der Waals surface area (Å²) in [5, 5.41) is 5.72. The molecule has 0 aromatic carbocycles. The Morgan fingerprint density at radius 2 is 1.74 bits per heavy atom. The molecule has 3 saturated heterocycles. The molecule has 4 aliphatic rings. The maximum Gasteiger partial charge on any atom is 0.410 e. The molecule has 0 radical (unpaired) electrons. The molecule has 2 unspecified atom stereocenters. The van der Waals surface area contributed by atoms with Crippen LogP contribution in [-0.2, 0) is 14.3 Å². The summed E-state index contributed by atoms with van der Waals surface area (Å²) in [5.74, 6) is 0.441. The molecule has 4 fully saturated rings. The van der Waals surface area contributed by atoms with Gasteiger partial charge in [-0.1, -0.05) is 38.5 Å². The van der Waals surface area contributed by atoms with Crippen molar-refractivity contribution in [2.75, 3.05) is 26.3 Å². The molecule has 2 atom stereocenters. The number of pyridine rings is 1. The average Bonchev–Trinajstić information content (AvgIpc) is 3.48. The van der Waals surface area contributed by atoms with Crippen LogP contribution < -0.4 is 5.48 Å². The first kappa shape index (κ1) is 27.0. The van der Waals surface area contributed by atoms with Crippen molar-refractivity contribution in [3.05, 3.63) is 24.2 Å². The van der Waals surface area contributed by atoms with Gasteiger partial charge in [-0.3, -0.25) is 14.5 Å². The van der Waals surface area contributed by atoms with Crippen molar-refractivity contribution < 1.29 is 19.1 Å². The Kier molecular flexibility index (Phi) is 7.59. The summed E-state index contributed by atoms with van der Waals surface area (Å²) >= 11 is 0. The highest BCUT2D eigenvalue weighted by atomic mass is 16.7. The molecule has 0 bridgehead atoms. The number of aromatic nitrogens is 3. The quantitative estimate of drug-likeness (QED) is 0.534. The van der Waals surface area contributed by atoms with E-state index >= 15 is 0 Å². The third kappa shape index (κ3) is 5.42. The number of amides is 1. The summed E-state index contributed by atoms with van der Waals surface area (Å²) in [7, 11) is 0. The minimum atomic E-state index is -0.474. The number of rotatable bonds is 3. The van der Waals surface area contributed by atoms with Crippen LogP contribution in [0.1, 0.15) is 103 Å². The zero-order chi connectivity index (χ0) is 27.0. The third-order valence-electron chi connectivity index (χ3n) is 9.39. The summed E-state index contributed by atoms with van der Waals surface area (Å²) in [6, 6.07) is 2.75. The highest BCUT2D eigenvalue weighted by Gasteiger charge is 2.55. The van der Waals surface area contributed by atoms with E-state index in [-0.39, 0.29) is 23.7 Å². The first-order chi connectivity index (χ1) is 18.8. The topological polar surface area (TPSA) is 90.7 Å². The highest BCUT2D eigenvalue weighted by molar-refractivity contribution is 5.78. The van der Waals surface area contributed by atoms with Crippen LogP contribution in [0.15, 0.2) is 18.5 Å². The fourth-order valence-electron chi connectivity index (χ4n) is 7.27. The molecule has 2 aromatic heterocycles. The first-order valence-electron chi connectivity index (χ1n) is 15.1. The van der Waals surface area contributed by atoms with Crippen molar-refractivity contribution in [1.82, 2.24) is 25.1 Å². The van der Waals surface area contributed by atoms with Gasteiger partial charge in [0.15, 0.2) is 0 Å². The maximum atomic E-state index is 12.7.